The van der Waals surface area contributed by atoms with Crippen LogP contribution >= 0.6 is 0 Å². The fourth-order valence-electron chi connectivity index (χ4n) is 4.69. The second-order valence-electron chi connectivity index (χ2n) is 8.38. The summed E-state index contributed by atoms with van der Waals surface area (Å²) in [6, 6.07) is 0. The van der Waals surface area contributed by atoms with E-state index in [0.29, 0.717) is 13.2 Å². The van der Waals surface area contributed by atoms with Crippen LogP contribution in [0, 0.1) is 0 Å². The molecule has 2 amide bonds. The Morgan fingerprint density at radius 3 is 1.41 bits per heavy atom. The van der Waals surface area contributed by atoms with Crippen molar-refractivity contribution in [2.24, 2.45) is 0 Å². The van der Waals surface area contributed by atoms with E-state index < -0.39 is 0 Å². The van der Waals surface area contributed by atoms with Gasteiger partial charge in [0, 0.05) is 11.1 Å². The maximum absolute atomic E-state index is 12.3. The van der Waals surface area contributed by atoms with Crippen LogP contribution in [0.25, 0.3) is 0 Å². The zero-order valence-electron chi connectivity index (χ0n) is 17.2. The summed E-state index contributed by atoms with van der Waals surface area (Å²) in [7, 11) is 0. The zero-order valence-corrected chi connectivity index (χ0v) is 17.2. The largest absolute Gasteiger partial charge is 0.450 e. The second-order valence-corrected chi connectivity index (χ2v) is 8.38. The number of hydrogen-bond donors (Lipinski definition) is 2. The molecule has 0 saturated heterocycles. The van der Waals surface area contributed by atoms with E-state index in [-0.39, 0.29) is 23.3 Å². The maximum Gasteiger partial charge on any atom is 0.407 e. The number of rotatable bonds is 8. The summed E-state index contributed by atoms with van der Waals surface area (Å²) in [4.78, 5) is 24.7. The molecule has 0 spiro atoms. The summed E-state index contributed by atoms with van der Waals surface area (Å²) in [6.07, 6.45) is 12.3. The van der Waals surface area contributed by atoms with Gasteiger partial charge in [0.15, 0.2) is 0 Å². The summed E-state index contributed by atoms with van der Waals surface area (Å²) < 4.78 is 10.6. The number of carbonyl (C=O) groups is 2. The molecule has 0 aromatic carbocycles. The standard InChI is InChI=1S/C21H38N2O4/c1-3-15-26-18(24)22-20(11-7-5-8-12-20)17-21(13-9-6-10-14-21)23-19(25)27-16-4-2/h3-17H2,1-2H3,(H,22,24)(H,23,25). The van der Waals surface area contributed by atoms with Crippen LogP contribution in [0.1, 0.15) is 97.3 Å². The Hall–Kier alpha value is -1.46. The first-order chi connectivity index (χ1) is 13.0. The second kappa shape index (κ2) is 10.8. The summed E-state index contributed by atoms with van der Waals surface area (Å²) >= 11 is 0. The molecule has 2 rings (SSSR count). The molecule has 27 heavy (non-hydrogen) atoms. The SMILES string of the molecule is CCCOC(=O)NC1(CC2(NC(=O)OCCC)CCCCC2)CCCCC1. The van der Waals surface area contributed by atoms with Crippen LogP contribution in [-0.2, 0) is 9.47 Å². The van der Waals surface area contributed by atoms with Gasteiger partial charge in [0.25, 0.3) is 0 Å². The molecule has 0 aliphatic heterocycles. The molecule has 0 heterocycles. The van der Waals surface area contributed by atoms with E-state index in [1.807, 2.05) is 13.8 Å². The smallest absolute Gasteiger partial charge is 0.407 e. The Kier molecular flexibility index (Phi) is 8.71. The van der Waals surface area contributed by atoms with Crippen molar-refractivity contribution in [3.05, 3.63) is 0 Å². The molecule has 156 valence electrons. The van der Waals surface area contributed by atoms with Crippen molar-refractivity contribution in [3.8, 4) is 0 Å². The van der Waals surface area contributed by atoms with Crippen LogP contribution in [0.3, 0.4) is 0 Å². The van der Waals surface area contributed by atoms with E-state index in [1.54, 1.807) is 0 Å². The molecule has 0 unspecified atom stereocenters. The van der Waals surface area contributed by atoms with Gasteiger partial charge in [0.1, 0.15) is 0 Å². The van der Waals surface area contributed by atoms with Crippen LogP contribution in [0.4, 0.5) is 9.59 Å². The van der Waals surface area contributed by atoms with Crippen LogP contribution in [-0.4, -0.2) is 36.5 Å². The molecule has 0 bridgehead atoms. The zero-order chi connectivity index (χ0) is 19.6. The summed E-state index contributed by atoms with van der Waals surface area (Å²) in [5.74, 6) is 0. The molecule has 0 aromatic rings. The first kappa shape index (κ1) is 21.8. The van der Waals surface area contributed by atoms with Gasteiger partial charge in [0.05, 0.1) is 13.2 Å². The number of alkyl carbamates (subject to hydrolysis) is 2. The highest BCUT2D eigenvalue weighted by molar-refractivity contribution is 5.69. The minimum Gasteiger partial charge on any atom is -0.450 e. The third-order valence-electron chi connectivity index (χ3n) is 5.91. The van der Waals surface area contributed by atoms with Gasteiger partial charge >= 0.3 is 12.2 Å². The van der Waals surface area contributed by atoms with E-state index in [0.717, 1.165) is 70.6 Å². The lowest BCUT2D eigenvalue weighted by atomic mass is 9.68. The molecule has 6 heteroatoms. The highest BCUT2D eigenvalue weighted by atomic mass is 16.6. The lowest BCUT2D eigenvalue weighted by Crippen LogP contribution is -2.60. The summed E-state index contributed by atoms with van der Waals surface area (Å²) in [5, 5.41) is 6.40. The van der Waals surface area contributed by atoms with Crippen molar-refractivity contribution in [3.63, 3.8) is 0 Å². The van der Waals surface area contributed by atoms with Crippen LogP contribution in [0.15, 0.2) is 0 Å². The molecule has 2 N–H and O–H groups in total. The number of carbonyl (C=O) groups excluding carboxylic acids is 2. The molecule has 2 saturated carbocycles. The Morgan fingerprint density at radius 1 is 0.704 bits per heavy atom. The van der Waals surface area contributed by atoms with Crippen LogP contribution in [0.5, 0.6) is 0 Å². The topological polar surface area (TPSA) is 76.7 Å². The molecule has 6 nitrogen and oxygen atoms in total. The Bertz CT molecular complexity index is 427. The predicted molar refractivity (Wildman–Crippen MR) is 106 cm³/mol. The third-order valence-corrected chi connectivity index (χ3v) is 5.91. The normalized spacial score (nSPS) is 21.1. The van der Waals surface area contributed by atoms with Gasteiger partial charge in [-0.1, -0.05) is 52.4 Å². The van der Waals surface area contributed by atoms with Gasteiger partial charge in [-0.05, 0) is 44.9 Å². The molecular weight excluding hydrogens is 344 g/mol. The Morgan fingerprint density at radius 2 is 1.07 bits per heavy atom. The summed E-state index contributed by atoms with van der Waals surface area (Å²) in [6.45, 7) is 4.86. The molecule has 2 aliphatic rings. The molecule has 0 aromatic heterocycles. The average molecular weight is 383 g/mol. The molecule has 2 aliphatic carbocycles. The lowest BCUT2D eigenvalue weighted by Gasteiger charge is -2.47. The van der Waals surface area contributed by atoms with E-state index in [4.69, 9.17) is 9.47 Å². The van der Waals surface area contributed by atoms with Crippen LogP contribution in [0.2, 0.25) is 0 Å². The molecular formula is C21H38N2O4. The fraction of sp³-hybridized carbons (Fsp3) is 0.905. The van der Waals surface area contributed by atoms with Gasteiger partial charge in [0.2, 0.25) is 0 Å². The number of nitrogens with one attached hydrogen (secondary N) is 2. The van der Waals surface area contributed by atoms with Crippen molar-refractivity contribution < 1.29 is 19.1 Å². The highest BCUT2D eigenvalue weighted by Crippen LogP contribution is 2.41. The Labute approximate surface area is 164 Å². The molecule has 0 atom stereocenters. The minimum absolute atomic E-state index is 0.293. The molecule has 2 fully saturated rings. The van der Waals surface area contributed by atoms with Crippen molar-refractivity contribution in [1.82, 2.24) is 10.6 Å². The number of amides is 2. The van der Waals surface area contributed by atoms with E-state index in [9.17, 15) is 9.59 Å². The third kappa shape index (κ3) is 6.89. The van der Waals surface area contributed by atoms with E-state index in [1.165, 1.54) is 12.8 Å². The van der Waals surface area contributed by atoms with Gasteiger partial charge in [-0.3, -0.25) is 0 Å². The Balaban J connectivity index is 2.11. The fourth-order valence-corrected chi connectivity index (χ4v) is 4.69. The van der Waals surface area contributed by atoms with Gasteiger partial charge in [-0.25, -0.2) is 9.59 Å². The lowest BCUT2D eigenvalue weighted by molar-refractivity contribution is 0.0836. The van der Waals surface area contributed by atoms with Crippen molar-refractivity contribution in [1.29, 1.82) is 0 Å². The van der Waals surface area contributed by atoms with Gasteiger partial charge in [-0.15, -0.1) is 0 Å². The number of hydrogen-bond acceptors (Lipinski definition) is 4. The van der Waals surface area contributed by atoms with Crippen LogP contribution < -0.4 is 10.6 Å². The van der Waals surface area contributed by atoms with Gasteiger partial charge in [-0.2, -0.15) is 0 Å². The van der Waals surface area contributed by atoms with Gasteiger partial charge < -0.3 is 20.1 Å². The minimum atomic E-state index is -0.321. The maximum atomic E-state index is 12.3. The van der Waals surface area contributed by atoms with E-state index in [2.05, 4.69) is 10.6 Å². The summed E-state index contributed by atoms with van der Waals surface area (Å²) in [5.41, 5.74) is -0.586. The molecule has 0 radical (unpaired) electrons. The van der Waals surface area contributed by atoms with Crippen molar-refractivity contribution >= 4 is 12.2 Å². The van der Waals surface area contributed by atoms with Crippen molar-refractivity contribution in [2.75, 3.05) is 13.2 Å². The number of ether oxygens (including phenoxy) is 2. The van der Waals surface area contributed by atoms with E-state index >= 15 is 0 Å². The van der Waals surface area contributed by atoms with Crippen molar-refractivity contribution in [2.45, 2.75) is 108 Å². The average Bonchev–Trinajstić information content (AvgIpc) is 2.65. The highest BCUT2D eigenvalue weighted by Gasteiger charge is 2.44. The predicted octanol–water partition coefficient (Wildman–Crippen LogP) is 5.05. The first-order valence-electron chi connectivity index (χ1n) is 10.9. The first-order valence-corrected chi connectivity index (χ1v) is 10.9. The quantitative estimate of drug-likeness (QED) is 0.615. The monoisotopic (exact) mass is 382 g/mol.